The van der Waals surface area contributed by atoms with Crippen LogP contribution in [0.4, 0.5) is 5.69 Å². The molecule has 2 unspecified atom stereocenters. The van der Waals surface area contributed by atoms with Crippen molar-refractivity contribution < 1.29 is 14.3 Å². The van der Waals surface area contributed by atoms with E-state index in [0.717, 1.165) is 46.8 Å². The van der Waals surface area contributed by atoms with E-state index in [1.54, 1.807) is 12.0 Å². The zero-order chi connectivity index (χ0) is 28.1. The summed E-state index contributed by atoms with van der Waals surface area (Å²) in [7, 11) is 1.65. The van der Waals surface area contributed by atoms with Crippen molar-refractivity contribution >= 4 is 17.5 Å². The third-order valence-electron chi connectivity index (χ3n) is 7.75. The number of hydrogen-bond donors (Lipinski definition) is 0. The molecule has 1 aromatic heterocycles. The predicted molar refractivity (Wildman–Crippen MR) is 159 cm³/mol. The molecule has 2 heterocycles. The maximum absolute atomic E-state index is 14.4. The number of ether oxygens (including phenoxy) is 1. The lowest BCUT2D eigenvalue weighted by atomic mass is 9.94. The number of hydrogen-bond acceptors (Lipinski definition) is 3. The van der Waals surface area contributed by atoms with Crippen LogP contribution in [0, 0.1) is 0 Å². The van der Waals surface area contributed by atoms with Gasteiger partial charge in [-0.2, -0.15) is 0 Å². The van der Waals surface area contributed by atoms with E-state index in [-0.39, 0.29) is 30.3 Å². The standard InChI is InChI=1S/C34H37N3O3/c1-4-6-22-35(34(39)28(5-2)25-13-8-7-9-14-25)24-32(38)37-30-16-11-10-15-29(30)36-23-12-17-31(36)33(37)26-18-20-27(40-3)21-19-26/h7-21,23,28,33H,4-6,22,24H2,1-3H3. The van der Waals surface area contributed by atoms with Crippen LogP contribution in [0.15, 0.2) is 97.2 Å². The predicted octanol–water partition coefficient (Wildman–Crippen LogP) is 6.74. The zero-order valence-electron chi connectivity index (χ0n) is 23.5. The third kappa shape index (κ3) is 5.26. The van der Waals surface area contributed by atoms with Crippen LogP contribution in [-0.4, -0.2) is 41.5 Å². The first-order valence-electron chi connectivity index (χ1n) is 14.1. The molecule has 3 aromatic carbocycles. The SMILES string of the molecule is CCCCN(CC(=O)N1c2ccccc2-n2cccc2C1c1ccc(OC)cc1)C(=O)C(CC)c1ccccc1. The number of para-hydroxylation sites is 2. The highest BCUT2D eigenvalue weighted by Crippen LogP contribution is 2.42. The lowest BCUT2D eigenvalue weighted by molar-refractivity contribution is -0.136. The number of unbranched alkanes of at least 4 members (excludes halogenated alkanes) is 1. The number of anilines is 1. The normalized spacial score (nSPS) is 14.7. The number of methoxy groups -OCH3 is 1. The molecule has 0 bridgehead atoms. The summed E-state index contributed by atoms with van der Waals surface area (Å²) in [5.41, 5.74) is 4.74. The average Bonchev–Trinajstić information content (AvgIpc) is 3.49. The van der Waals surface area contributed by atoms with Crippen molar-refractivity contribution in [2.75, 3.05) is 25.1 Å². The molecule has 0 saturated carbocycles. The second-order valence-corrected chi connectivity index (χ2v) is 10.2. The van der Waals surface area contributed by atoms with Gasteiger partial charge in [0.25, 0.3) is 0 Å². The first kappa shape index (κ1) is 27.3. The Balaban J connectivity index is 1.53. The van der Waals surface area contributed by atoms with E-state index in [4.69, 9.17) is 4.74 Å². The van der Waals surface area contributed by atoms with Crippen molar-refractivity contribution in [2.45, 2.75) is 45.1 Å². The van der Waals surface area contributed by atoms with Gasteiger partial charge in [0.1, 0.15) is 18.3 Å². The first-order chi connectivity index (χ1) is 19.6. The third-order valence-corrected chi connectivity index (χ3v) is 7.75. The highest BCUT2D eigenvalue weighted by Gasteiger charge is 2.37. The molecular weight excluding hydrogens is 498 g/mol. The number of benzene rings is 3. The molecule has 0 aliphatic carbocycles. The highest BCUT2D eigenvalue weighted by molar-refractivity contribution is 6.01. The van der Waals surface area contributed by atoms with E-state index in [2.05, 4.69) is 17.6 Å². The van der Waals surface area contributed by atoms with Gasteiger partial charge in [-0.05, 0) is 60.4 Å². The van der Waals surface area contributed by atoms with Crippen LogP contribution >= 0.6 is 0 Å². The van der Waals surface area contributed by atoms with E-state index >= 15 is 0 Å². The monoisotopic (exact) mass is 535 g/mol. The number of rotatable bonds is 10. The summed E-state index contributed by atoms with van der Waals surface area (Å²) in [6.07, 6.45) is 4.49. The fourth-order valence-electron chi connectivity index (χ4n) is 5.68. The topological polar surface area (TPSA) is 54.8 Å². The average molecular weight is 536 g/mol. The molecule has 0 spiro atoms. The van der Waals surface area contributed by atoms with Gasteiger partial charge >= 0.3 is 0 Å². The summed E-state index contributed by atoms with van der Waals surface area (Å²) >= 11 is 0. The Hall–Kier alpha value is -4.32. The number of carbonyl (C=O) groups excluding carboxylic acids is 2. The second kappa shape index (κ2) is 12.2. The fraction of sp³-hybridized carbons (Fsp3) is 0.294. The molecular formula is C34H37N3O3. The second-order valence-electron chi connectivity index (χ2n) is 10.2. The number of aromatic nitrogens is 1. The van der Waals surface area contributed by atoms with Gasteiger partial charge < -0.3 is 14.2 Å². The Bertz CT molecular complexity index is 1440. The number of amides is 2. The molecule has 0 saturated heterocycles. The van der Waals surface area contributed by atoms with Crippen LogP contribution < -0.4 is 9.64 Å². The van der Waals surface area contributed by atoms with Crippen LogP contribution in [0.1, 0.15) is 61.9 Å². The molecule has 0 fully saturated rings. The van der Waals surface area contributed by atoms with Crippen LogP contribution in [0.25, 0.3) is 5.69 Å². The lowest BCUT2D eigenvalue weighted by Crippen LogP contribution is -2.48. The van der Waals surface area contributed by atoms with Crippen molar-refractivity contribution in [3.05, 3.63) is 114 Å². The molecule has 2 amide bonds. The molecule has 6 heteroatoms. The Kier molecular flexibility index (Phi) is 8.34. The summed E-state index contributed by atoms with van der Waals surface area (Å²) in [5, 5.41) is 0. The smallest absolute Gasteiger partial charge is 0.247 e. The minimum Gasteiger partial charge on any atom is -0.497 e. The van der Waals surface area contributed by atoms with Crippen molar-refractivity contribution in [3.8, 4) is 11.4 Å². The maximum atomic E-state index is 14.4. The fourth-order valence-corrected chi connectivity index (χ4v) is 5.68. The summed E-state index contributed by atoms with van der Waals surface area (Å²) in [6, 6.07) is 29.5. The van der Waals surface area contributed by atoms with Crippen molar-refractivity contribution in [2.24, 2.45) is 0 Å². The van der Waals surface area contributed by atoms with Gasteiger partial charge in [-0.15, -0.1) is 0 Å². The Morgan fingerprint density at radius 2 is 1.57 bits per heavy atom. The molecule has 0 N–H and O–H groups in total. The van der Waals surface area contributed by atoms with E-state index in [1.807, 2.05) is 103 Å². The minimum atomic E-state index is -0.345. The highest BCUT2D eigenvalue weighted by atomic mass is 16.5. The van der Waals surface area contributed by atoms with Crippen molar-refractivity contribution in [3.63, 3.8) is 0 Å². The molecule has 206 valence electrons. The van der Waals surface area contributed by atoms with E-state index < -0.39 is 0 Å². The van der Waals surface area contributed by atoms with E-state index in [0.29, 0.717) is 13.0 Å². The summed E-state index contributed by atoms with van der Waals surface area (Å²) in [5.74, 6) is 0.378. The summed E-state index contributed by atoms with van der Waals surface area (Å²) in [4.78, 5) is 32.0. The molecule has 5 rings (SSSR count). The Morgan fingerprint density at radius 3 is 2.25 bits per heavy atom. The van der Waals surface area contributed by atoms with Gasteiger partial charge in [0.2, 0.25) is 11.8 Å². The first-order valence-corrected chi connectivity index (χ1v) is 14.1. The number of carbonyl (C=O) groups is 2. The molecule has 1 aliphatic rings. The van der Waals surface area contributed by atoms with E-state index in [1.165, 1.54) is 0 Å². The zero-order valence-corrected chi connectivity index (χ0v) is 23.5. The number of fused-ring (bicyclic) bond motifs is 3. The lowest BCUT2D eigenvalue weighted by Gasteiger charge is -2.40. The molecule has 6 nitrogen and oxygen atoms in total. The Morgan fingerprint density at radius 1 is 0.875 bits per heavy atom. The van der Waals surface area contributed by atoms with Gasteiger partial charge in [0, 0.05) is 12.7 Å². The van der Waals surface area contributed by atoms with Crippen molar-refractivity contribution in [1.29, 1.82) is 0 Å². The van der Waals surface area contributed by atoms with E-state index in [9.17, 15) is 9.59 Å². The summed E-state index contributed by atoms with van der Waals surface area (Å²) in [6.45, 7) is 4.70. The quantitative estimate of drug-likeness (QED) is 0.226. The van der Waals surface area contributed by atoms with Crippen LogP contribution in [-0.2, 0) is 9.59 Å². The van der Waals surface area contributed by atoms with Gasteiger partial charge in [-0.25, -0.2) is 0 Å². The van der Waals surface area contributed by atoms with Gasteiger partial charge in [-0.3, -0.25) is 14.5 Å². The molecule has 4 aromatic rings. The number of nitrogens with zero attached hydrogens (tertiary/aromatic N) is 3. The van der Waals surface area contributed by atoms with Crippen LogP contribution in [0.2, 0.25) is 0 Å². The largest absolute Gasteiger partial charge is 0.497 e. The van der Waals surface area contributed by atoms with Gasteiger partial charge in [0.05, 0.1) is 30.1 Å². The van der Waals surface area contributed by atoms with Crippen molar-refractivity contribution in [1.82, 2.24) is 9.47 Å². The summed E-state index contributed by atoms with van der Waals surface area (Å²) < 4.78 is 7.55. The minimum absolute atomic E-state index is 0.00478. The van der Waals surface area contributed by atoms with Crippen LogP contribution in [0.3, 0.4) is 0 Å². The molecule has 1 aliphatic heterocycles. The molecule has 40 heavy (non-hydrogen) atoms. The van der Waals surface area contributed by atoms with Gasteiger partial charge in [0.15, 0.2) is 0 Å². The Labute approximate surface area is 236 Å². The molecule has 0 radical (unpaired) electrons. The van der Waals surface area contributed by atoms with Gasteiger partial charge in [-0.1, -0.05) is 74.9 Å². The maximum Gasteiger partial charge on any atom is 0.247 e. The van der Waals surface area contributed by atoms with Crippen LogP contribution in [0.5, 0.6) is 5.75 Å². The molecule has 2 atom stereocenters.